The van der Waals surface area contributed by atoms with Crippen LogP contribution in [0, 0.1) is 0 Å². The summed E-state index contributed by atoms with van der Waals surface area (Å²) in [6.07, 6.45) is 1.78. The minimum Gasteiger partial charge on any atom is -0.507 e. The van der Waals surface area contributed by atoms with Crippen LogP contribution in [0.5, 0.6) is 5.75 Å². The van der Waals surface area contributed by atoms with Gasteiger partial charge in [0.2, 0.25) is 0 Å². The maximum absolute atomic E-state index is 10.5. The van der Waals surface area contributed by atoms with Gasteiger partial charge in [0.25, 0.3) is 0 Å². The van der Waals surface area contributed by atoms with Crippen LogP contribution in [0.25, 0.3) is 0 Å². The summed E-state index contributed by atoms with van der Waals surface area (Å²) in [5.41, 5.74) is 8.81. The molecule has 1 rings (SSSR count). The third-order valence-electron chi connectivity index (χ3n) is 2.10. The van der Waals surface area contributed by atoms with Crippen LogP contribution in [0.15, 0.2) is 23.3 Å². The van der Waals surface area contributed by atoms with Gasteiger partial charge in [0.1, 0.15) is 5.75 Å². The molecule has 7 heteroatoms. The Morgan fingerprint density at radius 1 is 1.56 bits per heavy atom. The average molecular weight is 267 g/mol. The highest BCUT2D eigenvalue weighted by atomic mass is 32.1. The highest BCUT2D eigenvalue weighted by molar-refractivity contribution is 7.80. The van der Waals surface area contributed by atoms with Gasteiger partial charge in [0, 0.05) is 12.0 Å². The molecule has 1 aromatic rings. The second-order valence-electron chi connectivity index (χ2n) is 3.52. The Morgan fingerprint density at radius 3 is 2.89 bits per heavy atom. The summed E-state index contributed by atoms with van der Waals surface area (Å²) in [4.78, 5) is 10.5. The van der Waals surface area contributed by atoms with E-state index >= 15 is 0 Å². The van der Waals surface area contributed by atoms with Crippen LogP contribution in [0.1, 0.15) is 17.5 Å². The van der Waals surface area contributed by atoms with Crippen LogP contribution in [0.3, 0.4) is 0 Å². The minimum atomic E-state index is -0.867. The Morgan fingerprint density at radius 2 is 2.28 bits per heavy atom. The summed E-state index contributed by atoms with van der Waals surface area (Å²) in [6.45, 7) is 0. The number of nitrogens with zero attached hydrogens (tertiary/aromatic N) is 1. The van der Waals surface area contributed by atoms with Gasteiger partial charge >= 0.3 is 5.97 Å². The highest BCUT2D eigenvalue weighted by Gasteiger charge is 2.03. The van der Waals surface area contributed by atoms with Gasteiger partial charge in [-0.2, -0.15) is 5.10 Å². The van der Waals surface area contributed by atoms with Crippen LogP contribution in [-0.4, -0.2) is 27.5 Å². The fourth-order valence-corrected chi connectivity index (χ4v) is 1.33. The van der Waals surface area contributed by atoms with E-state index in [9.17, 15) is 9.90 Å². The molecule has 0 fully saturated rings. The molecule has 96 valence electrons. The summed E-state index contributed by atoms with van der Waals surface area (Å²) in [5, 5.41) is 21.9. The molecule has 0 aliphatic heterocycles. The van der Waals surface area contributed by atoms with Crippen molar-refractivity contribution in [3.8, 4) is 5.75 Å². The monoisotopic (exact) mass is 267 g/mol. The minimum absolute atomic E-state index is 0.0211. The number of hydrazone groups is 1. The molecule has 0 saturated heterocycles. The van der Waals surface area contributed by atoms with Crippen molar-refractivity contribution in [3.63, 3.8) is 0 Å². The number of nitrogens with one attached hydrogen (secondary N) is 1. The van der Waals surface area contributed by atoms with E-state index in [0.29, 0.717) is 12.0 Å². The van der Waals surface area contributed by atoms with Gasteiger partial charge in [-0.05, 0) is 36.3 Å². The topological polar surface area (TPSA) is 108 Å². The van der Waals surface area contributed by atoms with E-state index < -0.39 is 5.97 Å². The Hall–Kier alpha value is -2.15. The third-order valence-corrected chi connectivity index (χ3v) is 2.19. The van der Waals surface area contributed by atoms with Crippen molar-refractivity contribution in [1.82, 2.24) is 5.43 Å². The van der Waals surface area contributed by atoms with E-state index in [1.165, 1.54) is 12.3 Å². The smallest absolute Gasteiger partial charge is 0.303 e. The summed E-state index contributed by atoms with van der Waals surface area (Å²) < 4.78 is 0. The van der Waals surface area contributed by atoms with Gasteiger partial charge in [-0.1, -0.05) is 6.07 Å². The van der Waals surface area contributed by atoms with Gasteiger partial charge in [0.05, 0.1) is 6.21 Å². The molecule has 0 radical (unpaired) electrons. The third kappa shape index (κ3) is 4.79. The van der Waals surface area contributed by atoms with Gasteiger partial charge in [0.15, 0.2) is 5.11 Å². The molecule has 0 saturated carbocycles. The number of phenols is 1. The van der Waals surface area contributed by atoms with Crippen LogP contribution in [0.2, 0.25) is 0 Å². The number of carbonyl (C=O) groups is 1. The number of hydrogen-bond donors (Lipinski definition) is 4. The molecule has 0 amide bonds. The van der Waals surface area contributed by atoms with Crippen molar-refractivity contribution in [1.29, 1.82) is 0 Å². The number of nitrogens with two attached hydrogens (primary N) is 1. The second kappa shape index (κ2) is 6.55. The lowest BCUT2D eigenvalue weighted by Gasteiger charge is -2.03. The van der Waals surface area contributed by atoms with Crippen molar-refractivity contribution < 1.29 is 15.0 Å². The predicted molar refractivity (Wildman–Crippen MR) is 71.6 cm³/mol. The number of rotatable bonds is 5. The zero-order valence-electron chi connectivity index (χ0n) is 9.46. The molecular formula is C11H13N3O3S. The SMILES string of the molecule is NC(=S)N/N=C/c1cc(CCC(=O)O)ccc1O. The number of phenolic OH excluding ortho intramolecular Hbond substituents is 1. The molecule has 0 bridgehead atoms. The number of aryl methyl sites for hydroxylation is 1. The van der Waals surface area contributed by atoms with Crippen LogP contribution in [0.4, 0.5) is 0 Å². The molecule has 1 aromatic carbocycles. The number of carboxylic acids is 1. The fraction of sp³-hybridized carbons (Fsp3) is 0.182. The second-order valence-corrected chi connectivity index (χ2v) is 3.96. The average Bonchev–Trinajstić information content (AvgIpc) is 2.29. The molecule has 0 heterocycles. The standard InChI is InChI=1S/C11H13N3O3S/c12-11(18)14-13-6-8-5-7(1-3-9(8)15)2-4-10(16)17/h1,3,5-6,15H,2,4H2,(H,16,17)(H3,12,14,18)/b13-6+. The van der Waals surface area contributed by atoms with Gasteiger partial charge < -0.3 is 15.9 Å². The lowest BCUT2D eigenvalue weighted by molar-refractivity contribution is -0.136. The van der Waals surface area contributed by atoms with E-state index in [0.717, 1.165) is 5.56 Å². The Labute approximate surface area is 109 Å². The fourth-order valence-electron chi connectivity index (χ4n) is 1.28. The number of hydrogen-bond acceptors (Lipinski definition) is 4. The summed E-state index contributed by atoms with van der Waals surface area (Å²) in [5.74, 6) is -0.823. The first-order chi connectivity index (χ1) is 8.49. The number of aromatic hydroxyl groups is 1. The highest BCUT2D eigenvalue weighted by Crippen LogP contribution is 2.17. The van der Waals surface area contributed by atoms with Crippen molar-refractivity contribution in [2.45, 2.75) is 12.8 Å². The largest absolute Gasteiger partial charge is 0.507 e. The van der Waals surface area contributed by atoms with Crippen molar-refractivity contribution in [2.24, 2.45) is 10.8 Å². The normalized spacial score (nSPS) is 10.4. The number of aliphatic carboxylic acids is 1. The molecule has 0 atom stereocenters. The molecule has 18 heavy (non-hydrogen) atoms. The van der Waals surface area contributed by atoms with Crippen LogP contribution >= 0.6 is 12.2 Å². The predicted octanol–water partition coefficient (Wildman–Crippen LogP) is 0.576. The van der Waals surface area contributed by atoms with E-state index in [-0.39, 0.29) is 17.3 Å². The van der Waals surface area contributed by atoms with Crippen molar-refractivity contribution in [2.75, 3.05) is 0 Å². The van der Waals surface area contributed by atoms with Crippen molar-refractivity contribution >= 4 is 29.5 Å². The molecule has 0 spiro atoms. The van der Waals surface area contributed by atoms with E-state index in [4.69, 9.17) is 10.8 Å². The first kappa shape index (κ1) is 13.9. The summed E-state index contributed by atoms with van der Waals surface area (Å²) in [7, 11) is 0. The maximum atomic E-state index is 10.5. The number of carboxylic acid groups (broad SMARTS) is 1. The Bertz CT molecular complexity index is 488. The van der Waals surface area contributed by atoms with E-state index in [1.807, 2.05) is 0 Å². The molecule has 0 aliphatic rings. The molecule has 6 nitrogen and oxygen atoms in total. The summed E-state index contributed by atoms with van der Waals surface area (Å²) >= 11 is 4.56. The Balaban J connectivity index is 2.77. The first-order valence-electron chi connectivity index (χ1n) is 5.11. The van der Waals surface area contributed by atoms with Gasteiger partial charge in [-0.15, -0.1) is 0 Å². The summed E-state index contributed by atoms with van der Waals surface area (Å²) in [6, 6.07) is 4.80. The zero-order valence-corrected chi connectivity index (χ0v) is 10.3. The number of benzene rings is 1. The quantitative estimate of drug-likeness (QED) is 0.353. The lowest BCUT2D eigenvalue weighted by Crippen LogP contribution is -2.24. The zero-order chi connectivity index (χ0) is 13.5. The number of thiocarbonyl (C=S) groups is 1. The molecule has 5 N–H and O–H groups in total. The van der Waals surface area contributed by atoms with Gasteiger partial charge in [-0.3, -0.25) is 10.2 Å². The van der Waals surface area contributed by atoms with E-state index in [1.54, 1.807) is 12.1 Å². The van der Waals surface area contributed by atoms with Crippen LogP contribution < -0.4 is 11.2 Å². The van der Waals surface area contributed by atoms with Crippen LogP contribution in [-0.2, 0) is 11.2 Å². The van der Waals surface area contributed by atoms with Crippen molar-refractivity contribution in [3.05, 3.63) is 29.3 Å². The lowest BCUT2D eigenvalue weighted by atomic mass is 10.1. The van der Waals surface area contributed by atoms with E-state index in [2.05, 4.69) is 22.7 Å². The molecule has 0 aromatic heterocycles. The molecular weight excluding hydrogens is 254 g/mol. The Kier molecular flexibility index (Phi) is 5.06. The maximum Gasteiger partial charge on any atom is 0.303 e. The molecule has 0 aliphatic carbocycles. The van der Waals surface area contributed by atoms with Gasteiger partial charge in [-0.25, -0.2) is 0 Å². The first-order valence-corrected chi connectivity index (χ1v) is 5.52. The molecule has 0 unspecified atom stereocenters.